The fourth-order valence-electron chi connectivity index (χ4n) is 5.03. The Balaban J connectivity index is 1.59. The average Bonchev–Trinajstić information content (AvgIpc) is 3.27. The Kier molecular flexibility index (Phi) is 11.8. The summed E-state index contributed by atoms with van der Waals surface area (Å²) in [6, 6.07) is 8.69. The Hall–Kier alpha value is -2.17. The van der Waals surface area contributed by atoms with E-state index in [9.17, 15) is 55.9 Å². The normalized spacial score (nSPS) is 42.9. The molecule has 0 amide bonds. The number of rotatable bonds is 11. The van der Waals surface area contributed by atoms with Crippen molar-refractivity contribution in [3.8, 4) is 0 Å². The maximum absolute atomic E-state index is 12.5. The van der Waals surface area contributed by atoms with Crippen LogP contribution in [-0.4, -0.2) is 169 Å². The minimum absolute atomic E-state index is 0.662. The van der Waals surface area contributed by atoms with Gasteiger partial charge in [0.05, 0.1) is 19.8 Å². The van der Waals surface area contributed by atoms with Gasteiger partial charge in [0.25, 0.3) is 0 Å². The Morgan fingerprint density at radius 3 is 1.93 bits per heavy atom. The van der Waals surface area contributed by atoms with Crippen molar-refractivity contribution in [3.05, 3.63) is 42.0 Å². The molecule has 248 valence electrons. The maximum Gasteiger partial charge on any atom is 0.330 e. The van der Waals surface area contributed by atoms with Crippen LogP contribution < -0.4 is 0 Å². The molecule has 0 spiro atoms. The first-order chi connectivity index (χ1) is 21.0. The average molecular weight is 635 g/mol. The molecule has 14 unspecified atom stereocenters. The monoisotopic (exact) mass is 634 g/mol. The number of ether oxygens (including phenoxy) is 6. The molecule has 3 saturated heterocycles. The van der Waals surface area contributed by atoms with Crippen molar-refractivity contribution in [1.82, 2.24) is 0 Å². The zero-order valence-corrected chi connectivity index (χ0v) is 23.2. The quantitative estimate of drug-likeness (QED) is 0.0804. The van der Waals surface area contributed by atoms with E-state index in [0.717, 1.165) is 6.08 Å². The summed E-state index contributed by atoms with van der Waals surface area (Å²) in [6.07, 6.45) is -20.7. The molecule has 44 heavy (non-hydrogen) atoms. The minimum Gasteiger partial charge on any atom is -0.457 e. The highest BCUT2D eigenvalue weighted by molar-refractivity contribution is 5.87. The van der Waals surface area contributed by atoms with Gasteiger partial charge in [0.2, 0.25) is 5.79 Å². The molecule has 1 aromatic carbocycles. The molecule has 3 aliphatic heterocycles. The van der Waals surface area contributed by atoms with Crippen LogP contribution in [0.15, 0.2) is 36.4 Å². The van der Waals surface area contributed by atoms with Crippen molar-refractivity contribution in [2.75, 3.05) is 26.4 Å². The number of aliphatic hydroxyl groups is 10. The first-order valence-corrected chi connectivity index (χ1v) is 13.8. The fraction of sp³-hybridized carbons (Fsp3) is 0.667. The zero-order chi connectivity index (χ0) is 32.2. The van der Waals surface area contributed by atoms with Crippen LogP contribution >= 0.6 is 0 Å². The van der Waals surface area contributed by atoms with Gasteiger partial charge in [-0.25, -0.2) is 4.79 Å². The molecule has 0 bridgehead atoms. The van der Waals surface area contributed by atoms with Crippen LogP contribution in [-0.2, 0) is 33.2 Å². The Morgan fingerprint density at radius 2 is 1.34 bits per heavy atom. The predicted molar refractivity (Wildman–Crippen MR) is 141 cm³/mol. The lowest BCUT2D eigenvalue weighted by molar-refractivity contribution is -0.408. The van der Waals surface area contributed by atoms with Crippen molar-refractivity contribution < 1.29 is 84.3 Å². The summed E-state index contributed by atoms with van der Waals surface area (Å²) in [4.78, 5) is 12.5. The molecule has 0 saturated carbocycles. The van der Waals surface area contributed by atoms with E-state index in [0.29, 0.717) is 5.56 Å². The van der Waals surface area contributed by atoms with E-state index in [1.165, 1.54) is 6.08 Å². The molecule has 0 radical (unpaired) electrons. The van der Waals surface area contributed by atoms with Crippen LogP contribution in [0.4, 0.5) is 0 Å². The van der Waals surface area contributed by atoms with Crippen molar-refractivity contribution >= 4 is 12.0 Å². The number of carbonyl (C=O) groups excluding carboxylic acids is 1. The minimum atomic E-state index is -2.49. The second-order valence-corrected chi connectivity index (χ2v) is 10.6. The molecule has 14 atom stereocenters. The molecule has 4 rings (SSSR count). The first kappa shape index (κ1) is 34.7. The van der Waals surface area contributed by atoms with Gasteiger partial charge in [-0.3, -0.25) is 0 Å². The Labute approximate surface area is 250 Å². The molecular weight excluding hydrogens is 596 g/mol. The molecule has 3 heterocycles. The highest BCUT2D eigenvalue weighted by Crippen LogP contribution is 2.38. The standard InChI is InChI=1S/C27H38O17/c28-8-13-17(32)20(35)22(37)25(40-13)42-23-21(36)18(33)14(9-29)41-26(23)44-27(24(38)19(34)15(10-30)43-27)11-39-16(31)7-6-12-4-2-1-3-5-12/h1-7,13-15,17-26,28-30,32-38H,8-11H2. The highest BCUT2D eigenvalue weighted by atomic mass is 16.8. The van der Waals surface area contributed by atoms with Crippen LogP contribution in [0.2, 0.25) is 0 Å². The maximum atomic E-state index is 12.5. The number of aliphatic hydroxyl groups excluding tert-OH is 10. The van der Waals surface area contributed by atoms with Gasteiger partial charge in [-0.2, -0.15) is 0 Å². The van der Waals surface area contributed by atoms with Gasteiger partial charge in [0, 0.05) is 6.08 Å². The fourth-order valence-corrected chi connectivity index (χ4v) is 5.03. The molecule has 1 aromatic rings. The van der Waals surface area contributed by atoms with E-state index in [-0.39, 0.29) is 0 Å². The lowest BCUT2D eigenvalue weighted by atomic mass is 9.97. The third kappa shape index (κ3) is 7.28. The van der Waals surface area contributed by atoms with E-state index in [2.05, 4.69) is 0 Å². The van der Waals surface area contributed by atoms with Gasteiger partial charge in [0.15, 0.2) is 12.6 Å². The number of esters is 1. The summed E-state index contributed by atoms with van der Waals surface area (Å²) in [5, 5.41) is 102. The second-order valence-electron chi connectivity index (χ2n) is 10.6. The van der Waals surface area contributed by atoms with E-state index >= 15 is 0 Å². The van der Waals surface area contributed by atoms with Gasteiger partial charge in [0.1, 0.15) is 73.8 Å². The summed E-state index contributed by atoms with van der Waals surface area (Å²) in [6.45, 7) is -3.41. The SMILES string of the molecule is O=C(C=Cc1ccccc1)OCC1(OC2OC(CO)C(O)C(O)C2OC2OC(CO)C(O)C(O)C2O)OC(CO)C(O)C1O. The Bertz CT molecular complexity index is 1090. The topological polar surface area (TPSA) is 275 Å². The first-order valence-electron chi connectivity index (χ1n) is 13.8. The van der Waals surface area contributed by atoms with Crippen LogP contribution in [0.1, 0.15) is 5.56 Å². The third-order valence-electron chi connectivity index (χ3n) is 7.59. The summed E-state index contributed by atoms with van der Waals surface area (Å²) in [5.74, 6) is -3.43. The van der Waals surface area contributed by atoms with Crippen molar-refractivity contribution in [1.29, 1.82) is 0 Å². The molecule has 0 aromatic heterocycles. The number of hydrogen-bond donors (Lipinski definition) is 10. The van der Waals surface area contributed by atoms with Crippen LogP contribution in [0.25, 0.3) is 6.08 Å². The third-order valence-corrected chi connectivity index (χ3v) is 7.59. The molecule has 17 nitrogen and oxygen atoms in total. The number of benzene rings is 1. The van der Waals surface area contributed by atoms with E-state index < -0.39 is 118 Å². The zero-order valence-electron chi connectivity index (χ0n) is 23.2. The van der Waals surface area contributed by atoms with Crippen LogP contribution in [0.3, 0.4) is 0 Å². The number of hydrogen-bond acceptors (Lipinski definition) is 17. The van der Waals surface area contributed by atoms with E-state index in [1.54, 1.807) is 30.3 Å². The van der Waals surface area contributed by atoms with Gasteiger partial charge in [-0.15, -0.1) is 0 Å². The molecule has 0 aliphatic carbocycles. The lowest BCUT2D eigenvalue weighted by Crippen LogP contribution is -2.66. The predicted octanol–water partition coefficient (Wildman–Crippen LogP) is -5.31. The molecule has 10 N–H and O–H groups in total. The van der Waals surface area contributed by atoms with Crippen molar-refractivity contribution in [2.24, 2.45) is 0 Å². The molecule has 17 heteroatoms. The van der Waals surface area contributed by atoms with Crippen LogP contribution in [0, 0.1) is 0 Å². The van der Waals surface area contributed by atoms with E-state index in [4.69, 9.17) is 28.4 Å². The summed E-state index contributed by atoms with van der Waals surface area (Å²) in [5.41, 5.74) is 0.662. The van der Waals surface area contributed by atoms with Crippen LogP contribution in [0.5, 0.6) is 0 Å². The van der Waals surface area contributed by atoms with Gasteiger partial charge >= 0.3 is 5.97 Å². The smallest absolute Gasteiger partial charge is 0.330 e. The van der Waals surface area contributed by atoms with E-state index in [1.807, 2.05) is 0 Å². The van der Waals surface area contributed by atoms with Crippen molar-refractivity contribution in [3.63, 3.8) is 0 Å². The highest BCUT2D eigenvalue weighted by Gasteiger charge is 2.60. The second kappa shape index (κ2) is 14.9. The largest absolute Gasteiger partial charge is 0.457 e. The van der Waals surface area contributed by atoms with Gasteiger partial charge < -0.3 is 79.5 Å². The Morgan fingerprint density at radius 1 is 0.750 bits per heavy atom. The molecule has 3 fully saturated rings. The van der Waals surface area contributed by atoms with Crippen molar-refractivity contribution in [2.45, 2.75) is 85.5 Å². The summed E-state index contributed by atoms with van der Waals surface area (Å²) >= 11 is 0. The van der Waals surface area contributed by atoms with Gasteiger partial charge in [-0.1, -0.05) is 30.3 Å². The summed E-state index contributed by atoms with van der Waals surface area (Å²) < 4.78 is 33.1. The number of carbonyl (C=O) groups is 1. The molecule has 3 aliphatic rings. The van der Waals surface area contributed by atoms with Gasteiger partial charge in [-0.05, 0) is 11.6 Å². The summed E-state index contributed by atoms with van der Waals surface area (Å²) in [7, 11) is 0. The molecular formula is C27H38O17. The lowest BCUT2D eigenvalue weighted by Gasteiger charge is -2.47.